The van der Waals surface area contributed by atoms with Gasteiger partial charge in [0.15, 0.2) is 0 Å². The molecule has 0 unspecified atom stereocenters. The Bertz CT molecular complexity index is 348. The molecule has 7 heteroatoms. The topological polar surface area (TPSA) is 79.3 Å². The van der Waals surface area contributed by atoms with Crippen LogP contribution in [0.4, 0.5) is 4.79 Å². The Kier molecular flexibility index (Phi) is 6.91. The fourth-order valence-corrected chi connectivity index (χ4v) is 1.94. The van der Waals surface area contributed by atoms with Crippen LogP contribution in [0.15, 0.2) is 0 Å². The molecule has 1 fully saturated rings. The Balaban J connectivity index is 2.49. The molecule has 7 nitrogen and oxygen atoms in total. The van der Waals surface area contributed by atoms with Gasteiger partial charge in [0, 0.05) is 32.7 Å². The Morgan fingerprint density at radius 1 is 1.24 bits per heavy atom. The van der Waals surface area contributed by atoms with Gasteiger partial charge in [-0.3, -0.25) is 9.69 Å². The maximum Gasteiger partial charge on any atom is 0.410 e. The molecule has 1 N–H and O–H groups in total. The Labute approximate surface area is 125 Å². The van der Waals surface area contributed by atoms with Crippen molar-refractivity contribution in [2.75, 3.05) is 45.9 Å². The Morgan fingerprint density at radius 2 is 1.86 bits per heavy atom. The fraction of sp³-hybridized carbons (Fsp3) is 0.857. The maximum absolute atomic E-state index is 12.1. The number of hydrogen-bond acceptors (Lipinski definition) is 5. The highest BCUT2D eigenvalue weighted by molar-refractivity contribution is 5.70. The molecule has 0 aliphatic carbocycles. The summed E-state index contributed by atoms with van der Waals surface area (Å²) in [5.74, 6) is -0.921. The summed E-state index contributed by atoms with van der Waals surface area (Å²) >= 11 is 0. The zero-order chi connectivity index (χ0) is 15.9. The van der Waals surface area contributed by atoms with Crippen LogP contribution in [0, 0.1) is 0 Å². The van der Waals surface area contributed by atoms with Crippen molar-refractivity contribution >= 4 is 12.1 Å². The van der Waals surface area contributed by atoms with Gasteiger partial charge in [-0.2, -0.15) is 0 Å². The Hall–Kier alpha value is -1.34. The van der Waals surface area contributed by atoms with Crippen LogP contribution in [-0.2, 0) is 14.3 Å². The lowest BCUT2D eigenvalue weighted by Gasteiger charge is -2.31. The predicted molar refractivity (Wildman–Crippen MR) is 77.3 cm³/mol. The van der Waals surface area contributed by atoms with Crippen molar-refractivity contribution < 1.29 is 24.2 Å². The molecule has 0 aromatic heterocycles. The molecule has 1 saturated heterocycles. The van der Waals surface area contributed by atoms with Gasteiger partial charge in [0.25, 0.3) is 0 Å². The average Bonchev–Trinajstić information content (AvgIpc) is 2.37. The van der Waals surface area contributed by atoms with Gasteiger partial charge >= 0.3 is 12.1 Å². The quantitative estimate of drug-likeness (QED) is 0.789. The van der Waals surface area contributed by atoms with Gasteiger partial charge in [-0.15, -0.1) is 0 Å². The summed E-state index contributed by atoms with van der Waals surface area (Å²) in [6, 6.07) is 0. The van der Waals surface area contributed by atoms with Gasteiger partial charge in [0.05, 0.1) is 19.6 Å². The highest BCUT2D eigenvalue weighted by atomic mass is 16.6. The number of aliphatic carboxylic acids is 1. The zero-order valence-electron chi connectivity index (χ0n) is 13.1. The first-order chi connectivity index (χ1) is 9.78. The number of morpholine rings is 1. The third-order valence-electron chi connectivity index (χ3n) is 3.04. The first kappa shape index (κ1) is 17.7. The first-order valence-electron chi connectivity index (χ1n) is 7.28. The van der Waals surface area contributed by atoms with Crippen molar-refractivity contribution in [1.29, 1.82) is 0 Å². The third-order valence-corrected chi connectivity index (χ3v) is 3.04. The lowest BCUT2D eigenvalue weighted by molar-refractivity contribution is -0.137. The van der Waals surface area contributed by atoms with Crippen molar-refractivity contribution in [2.24, 2.45) is 0 Å². The monoisotopic (exact) mass is 302 g/mol. The van der Waals surface area contributed by atoms with E-state index in [2.05, 4.69) is 4.90 Å². The molecule has 1 aliphatic heterocycles. The molecule has 122 valence electrons. The SMILES string of the molecule is CC(C)(C)OC(=O)N(CCC(=O)O)CCN1CCOCC1. The summed E-state index contributed by atoms with van der Waals surface area (Å²) in [7, 11) is 0. The van der Waals surface area contributed by atoms with E-state index in [0.29, 0.717) is 26.3 Å². The molecular formula is C14H26N2O5. The normalized spacial score (nSPS) is 16.5. The van der Waals surface area contributed by atoms with Crippen LogP contribution >= 0.6 is 0 Å². The van der Waals surface area contributed by atoms with Crippen molar-refractivity contribution in [3.8, 4) is 0 Å². The van der Waals surface area contributed by atoms with Gasteiger partial charge in [-0.25, -0.2) is 4.79 Å². The molecule has 1 amide bonds. The van der Waals surface area contributed by atoms with Gasteiger partial charge in [0.1, 0.15) is 5.60 Å². The van der Waals surface area contributed by atoms with Gasteiger partial charge in [-0.1, -0.05) is 0 Å². The number of rotatable bonds is 6. The second-order valence-electron chi connectivity index (χ2n) is 6.07. The number of ether oxygens (including phenoxy) is 2. The molecule has 0 aromatic carbocycles. The molecule has 0 bridgehead atoms. The van der Waals surface area contributed by atoms with Crippen molar-refractivity contribution in [3.05, 3.63) is 0 Å². The zero-order valence-corrected chi connectivity index (χ0v) is 13.1. The molecule has 0 saturated carbocycles. The number of nitrogens with zero attached hydrogens (tertiary/aromatic N) is 2. The van der Waals surface area contributed by atoms with Crippen LogP contribution < -0.4 is 0 Å². The summed E-state index contributed by atoms with van der Waals surface area (Å²) in [6.07, 6.45) is -0.542. The number of carbonyl (C=O) groups is 2. The second-order valence-corrected chi connectivity index (χ2v) is 6.07. The van der Waals surface area contributed by atoms with Gasteiger partial charge in [-0.05, 0) is 20.8 Å². The Morgan fingerprint density at radius 3 is 2.38 bits per heavy atom. The van der Waals surface area contributed by atoms with E-state index in [0.717, 1.165) is 13.1 Å². The smallest absolute Gasteiger partial charge is 0.410 e. The fourth-order valence-electron chi connectivity index (χ4n) is 1.94. The summed E-state index contributed by atoms with van der Waals surface area (Å²) in [5.41, 5.74) is -0.586. The average molecular weight is 302 g/mol. The van der Waals surface area contributed by atoms with Crippen LogP contribution in [0.1, 0.15) is 27.2 Å². The highest BCUT2D eigenvalue weighted by Gasteiger charge is 2.23. The van der Waals surface area contributed by atoms with E-state index in [1.54, 1.807) is 20.8 Å². The minimum absolute atomic E-state index is 0.0810. The van der Waals surface area contributed by atoms with Crippen molar-refractivity contribution in [1.82, 2.24) is 9.80 Å². The molecule has 0 radical (unpaired) electrons. The minimum atomic E-state index is -0.921. The third kappa shape index (κ3) is 7.87. The molecule has 1 heterocycles. The number of amides is 1. The van der Waals surface area contributed by atoms with Crippen LogP contribution in [0.5, 0.6) is 0 Å². The number of hydrogen-bond donors (Lipinski definition) is 1. The molecule has 0 spiro atoms. The second kappa shape index (κ2) is 8.19. The molecule has 1 rings (SSSR count). The van der Waals surface area contributed by atoms with Crippen LogP contribution in [0.2, 0.25) is 0 Å². The lowest BCUT2D eigenvalue weighted by Crippen LogP contribution is -2.45. The van der Waals surface area contributed by atoms with E-state index in [1.807, 2.05) is 0 Å². The van der Waals surface area contributed by atoms with E-state index in [-0.39, 0.29) is 13.0 Å². The summed E-state index contributed by atoms with van der Waals surface area (Å²) in [4.78, 5) is 26.5. The van der Waals surface area contributed by atoms with E-state index in [9.17, 15) is 9.59 Å². The summed E-state index contributed by atoms with van der Waals surface area (Å²) < 4.78 is 10.6. The van der Waals surface area contributed by atoms with E-state index in [4.69, 9.17) is 14.6 Å². The number of carbonyl (C=O) groups excluding carboxylic acids is 1. The lowest BCUT2D eigenvalue weighted by atomic mass is 10.2. The van der Waals surface area contributed by atoms with Gasteiger partial charge < -0.3 is 19.5 Å². The largest absolute Gasteiger partial charge is 0.481 e. The highest BCUT2D eigenvalue weighted by Crippen LogP contribution is 2.10. The summed E-state index contributed by atoms with van der Waals surface area (Å²) in [6.45, 7) is 9.76. The van der Waals surface area contributed by atoms with Gasteiger partial charge in [0.2, 0.25) is 0 Å². The van der Waals surface area contributed by atoms with E-state index in [1.165, 1.54) is 4.90 Å². The van der Waals surface area contributed by atoms with Crippen LogP contribution in [0.3, 0.4) is 0 Å². The van der Waals surface area contributed by atoms with Crippen molar-refractivity contribution in [3.63, 3.8) is 0 Å². The predicted octanol–water partition coefficient (Wildman–Crippen LogP) is 1.03. The molecular weight excluding hydrogens is 276 g/mol. The molecule has 21 heavy (non-hydrogen) atoms. The van der Waals surface area contributed by atoms with Crippen LogP contribution in [-0.4, -0.2) is 78.5 Å². The molecule has 0 aromatic rings. The van der Waals surface area contributed by atoms with Crippen molar-refractivity contribution in [2.45, 2.75) is 32.8 Å². The van der Waals surface area contributed by atoms with E-state index >= 15 is 0 Å². The molecule has 1 aliphatic rings. The summed E-state index contributed by atoms with van der Waals surface area (Å²) in [5, 5.41) is 8.79. The number of carboxylic acid groups (broad SMARTS) is 1. The van der Waals surface area contributed by atoms with Crippen LogP contribution in [0.25, 0.3) is 0 Å². The number of carboxylic acids is 1. The maximum atomic E-state index is 12.1. The standard InChI is InChI=1S/C14H26N2O5/c1-14(2,3)21-13(19)16(5-4-12(17)18)7-6-15-8-10-20-11-9-15/h4-11H2,1-3H3,(H,17,18). The van der Waals surface area contributed by atoms with E-state index < -0.39 is 17.7 Å². The molecule has 0 atom stereocenters. The first-order valence-corrected chi connectivity index (χ1v) is 7.28. The minimum Gasteiger partial charge on any atom is -0.481 e.